The number of rotatable bonds is 0. The van der Waals surface area contributed by atoms with Crippen molar-refractivity contribution in [3.05, 3.63) is 0 Å². The Morgan fingerprint density at radius 1 is 1.56 bits per heavy atom. The van der Waals surface area contributed by atoms with Crippen molar-refractivity contribution < 1.29 is 13.9 Å². The molecule has 1 saturated heterocycles. The van der Waals surface area contributed by atoms with Crippen molar-refractivity contribution >= 4 is 6.09 Å². The number of hydrogen-bond acceptors (Lipinski definition) is 3. The number of alkyl halides is 1. The molecule has 1 amide bonds. The van der Waals surface area contributed by atoms with Crippen LogP contribution >= 0.6 is 0 Å². The van der Waals surface area contributed by atoms with Gasteiger partial charge in [0, 0.05) is 13.1 Å². The van der Waals surface area contributed by atoms with Crippen molar-refractivity contribution in [2.24, 2.45) is 5.92 Å². The highest BCUT2D eigenvalue weighted by Gasteiger charge is 2.33. The van der Waals surface area contributed by atoms with Gasteiger partial charge in [0.25, 0.3) is 0 Å². The van der Waals surface area contributed by atoms with Crippen LogP contribution < -0.4 is 0 Å². The van der Waals surface area contributed by atoms with Crippen LogP contribution in [0.3, 0.4) is 0 Å². The molecular weight excluding hydrogens is 211 g/mol. The van der Waals surface area contributed by atoms with Crippen LogP contribution in [0.5, 0.6) is 0 Å². The molecule has 0 radical (unpaired) electrons. The van der Waals surface area contributed by atoms with Gasteiger partial charge < -0.3 is 9.64 Å². The van der Waals surface area contributed by atoms with Gasteiger partial charge in [0.2, 0.25) is 0 Å². The van der Waals surface area contributed by atoms with Crippen molar-refractivity contribution in [1.29, 1.82) is 5.26 Å². The average Bonchev–Trinajstić information content (AvgIpc) is 2.15. The van der Waals surface area contributed by atoms with Gasteiger partial charge in [-0.25, -0.2) is 9.18 Å². The Morgan fingerprint density at radius 3 is 2.69 bits per heavy atom. The van der Waals surface area contributed by atoms with Crippen LogP contribution in [-0.4, -0.2) is 35.9 Å². The molecule has 0 aliphatic carbocycles. The second-order valence-corrected chi connectivity index (χ2v) is 4.97. The summed E-state index contributed by atoms with van der Waals surface area (Å²) in [5.41, 5.74) is -0.564. The Balaban J connectivity index is 2.56. The molecule has 0 aromatic rings. The summed E-state index contributed by atoms with van der Waals surface area (Å²) < 4.78 is 18.4. The number of ether oxygens (including phenoxy) is 1. The average molecular weight is 228 g/mol. The third-order valence-electron chi connectivity index (χ3n) is 2.35. The molecule has 0 aromatic heterocycles. The molecule has 0 bridgehead atoms. The van der Waals surface area contributed by atoms with Crippen molar-refractivity contribution in [2.75, 3.05) is 13.1 Å². The summed E-state index contributed by atoms with van der Waals surface area (Å²) in [6.07, 6.45) is -1.40. The maximum atomic E-state index is 13.2. The number of carbonyl (C=O) groups is 1. The smallest absolute Gasteiger partial charge is 0.410 e. The van der Waals surface area contributed by atoms with Gasteiger partial charge in [-0.1, -0.05) is 0 Å². The summed E-state index contributed by atoms with van der Waals surface area (Å²) in [4.78, 5) is 13.1. The third-order valence-corrected chi connectivity index (χ3v) is 2.35. The van der Waals surface area contributed by atoms with E-state index in [2.05, 4.69) is 0 Å². The van der Waals surface area contributed by atoms with Crippen LogP contribution in [0.4, 0.5) is 9.18 Å². The number of halogens is 1. The number of carbonyl (C=O) groups excluding carboxylic acids is 1. The van der Waals surface area contributed by atoms with Crippen LogP contribution in [0.2, 0.25) is 0 Å². The van der Waals surface area contributed by atoms with Gasteiger partial charge in [-0.2, -0.15) is 5.26 Å². The molecule has 4 nitrogen and oxygen atoms in total. The van der Waals surface area contributed by atoms with E-state index in [1.54, 1.807) is 20.8 Å². The van der Waals surface area contributed by atoms with E-state index in [4.69, 9.17) is 10.00 Å². The molecule has 0 N–H and O–H groups in total. The lowest BCUT2D eigenvalue weighted by Gasteiger charge is -2.33. The fraction of sp³-hybridized carbons (Fsp3) is 0.818. The Hall–Kier alpha value is -1.31. The largest absolute Gasteiger partial charge is 0.444 e. The van der Waals surface area contributed by atoms with Crippen LogP contribution in [0.15, 0.2) is 0 Å². The van der Waals surface area contributed by atoms with E-state index in [0.717, 1.165) is 0 Å². The minimum Gasteiger partial charge on any atom is -0.444 e. The highest BCUT2D eigenvalue weighted by Crippen LogP contribution is 2.21. The molecule has 2 atom stereocenters. The number of hydrogen-bond donors (Lipinski definition) is 0. The summed E-state index contributed by atoms with van der Waals surface area (Å²) in [6, 6.07) is 1.88. The molecule has 0 aromatic carbocycles. The summed E-state index contributed by atoms with van der Waals surface area (Å²) in [6.45, 7) is 5.75. The molecule has 1 aliphatic heterocycles. The molecule has 2 unspecified atom stereocenters. The minimum atomic E-state index is -1.14. The third kappa shape index (κ3) is 3.37. The van der Waals surface area contributed by atoms with Crippen LogP contribution in [0.1, 0.15) is 27.2 Å². The van der Waals surface area contributed by atoms with Crippen LogP contribution in [0.25, 0.3) is 0 Å². The molecule has 0 saturated carbocycles. The second kappa shape index (κ2) is 4.69. The monoisotopic (exact) mass is 228 g/mol. The summed E-state index contributed by atoms with van der Waals surface area (Å²) in [7, 11) is 0. The number of nitrogens with zero attached hydrogens (tertiary/aromatic N) is 2. The Bertz CT molecular complexity index is 306. The lowest BCUT2D eigenvalue weighted by molar-refractivity contribution is 0.0117. The first kappa shape index (κ1) is 12.8. The maximum Gasteiger partial charge on any atom is 0.410 e. The zero-order valence-electron chi connectivity index (χ0n) is 9.86. The number of nitriles is 1. The molecule has 5 heteroatoms. The van der Waals surface area contributed by atoms with E-state index in [1.807, 2.05) is 6.07 Å². The number of likely N-dealkylation sites (tertiary alicyclic amines) is 1. The Morgan fingerprint density at radius 2 is 2.19 bits per heavy atom. The van der Waals surface area contributed by atoms with Gasteiger partial charge in [-0.3, -0.25) is 0 Å². The molecule has 90 valence electrons. The lowest BCUT2D eigenvalue weighted by Crippen LogP contribution is -2.46. The quantitative estimate of drug-likeness (QED) is 0.638. The lowest BCUT2D eigenvalue weighted by atomic mass is 9.98. The van der Waals surface area contributed by atoms with E-state index in [-0.39, 0.29) is 13.0 Å². The summed E-state index contributed by atoms with van der Waals surface area (Å²) in [5.74, 6) is -0.735. The minimum absolute atomic E-state index is 0.118. The zero-order valence-corrected chi connectivity index (χ0v) is 9.86. The standard InChI is InChI=1S/C11H17FN2O2/c1-11(2,3)16-10(15)14-5-4-9(12)8(6-13)7-14/h8-9H,4-5,7H2,1-3H3. The number of piperidine rings is 1. The predicted octanol–water partition coefficient (Wildman–Crippen LogP) is 2.11. The van der Waals surface area contributed by atoms with Crippen LogP contribution in [0, 0.1) is 17.2 Å². The Labute approximate surface area is 95.0 Å². The molecule has 1 rings (SSSR count). The highest BCUT2D eigenvalue weighted by atomic mass is 19.1. The summed E-state index contributed by atoms with van der Waals surface area (Å²) in [5, 5.41) is 8.72. The molecule has 0 spiro atoms. The van der Waals surface area contributed by atoms with Gasteiger partial charge >= 0.3 is 6.09 Å². The molecular formula is C11H17FN2O2. The van der Waals surface area contributed by atoms with E-state index in [9.17, 15) is 9.18 Å². The molecule has 1 aliphatic rings. The molecule has 16 heavy (non-hydrogen) atoms. The first-order valence-electron chi connectivity index (χ1n) is 5.35. The van der Waals surface area contributed by atoms with Gasteiger partial charge in [-0.05, 0) is 27.2 Å². The second-order valence-electron chi connectivity index (χ2n) is 4.97. The maximum absolute atomic E-state index is 13.2. The van der Waals surface area contributed by atoms with Gasteiger partial charge in [0.05, 0.1) is 12.0 Å². The van der Waals surface area contributed by atoms with Crippen molar-refractivity contribution in [1.82, 2.24) is 4.90 Å². The van der Waals surface area contributed by atoms with Gasteiger partial charge in [0.15, 0.2) is 0 Å². The molecule has 1 fully saturated rings. The first-order valence-corrected chi connectivity index (χ1v) is 5.35. The van der Waals surface area contributed by atoms with E-state index >= 15 is 0 Å². The molecule has 1 heterocycles. The van der Waals surface area contributed by atoms with E-state index < -0.39 is 23.8 Å². The predicted molar refractivity (Wildman–Crippen MR) is 56.4 cm³/mol. The summed E-state index contributed by atoms with van der Waals surface area (Å²) >= 11 is 0. The van der Waals surface area contributed by atoms with Crippen molar-refractivity contribution in [2.45, 2.75) is 39.0 Å². The fourth-order valence-corrected chi connectivity index (χ4v) is 1.54. The number of amides is 1. The SMILES string of the molecule is CC(C)(C)OC(=O)N1CCC(F)C(C#N)C1. The van der Waals surface area contributed by atoms with Gasteiger partial charge in [-0.15, -0.1) is 0 Å². The van der Waals surface area contributed by atoms with Gasteiger partial charge in [0.1, 0.15) is 11.8 Å². The highest BCUT2D eigenvalue weighted by molar-refractivity contribution is 5.68. The van der Waals surface area contributed by atoms with Crippen molar-refractivity contribution in [3.8, 4) is 6.07 Å². The van der Waals surface area contributed by atoms with Crippen LogP contribution in [-0.2, 0) is 4.74 Å². The first-order chi connectivity index (χ1) is 7.33. The normalized spacial score (nSPS) is 26.1. The zero-order chi connectivity index (χ0) is 12.3. The van der Waals surface area contributed by atoms with E-state index in [1.165, 1.54) is 4.90 Å². The van der Waals surface area contributed by atoms with Crippen molar-refractivity contribution in [3.63, 3.8) is 0 Å². The topological polar surface area (TPSA) is 53.3 Å². The fourth-order valence-electron chi connectivity index (χ4n) is 1.54. The van der Waals surface area contributed by atoms with E-state index in [0.29, 0.717) is 6.54 Å². The Kier molecular flexibility index (Phi) is 3.74.